The third-order valence-corrected chi connectivity index (χ3v) is 1.81. The van der Waals surface area contributed by atoms with E-state index < -0.39 is 0 Å². The van der Waals surface area contributed by atoms with Gasteiger partial charge in [0, 0.05) is 11.3 Å². The molecule has 0 radical (unpaired) electrons. The number of hydrogen-bond acceptors (Lipinski definition) is 2. The first-order valence-corrected chi connectivity index (χ1v) is 5.29. The zero-order valence-corrected chi connectivity index (χ0v) is 10.3. The summed E-state index contributed by atoms with van der Waals surface area (Å²) in [6.07, 6.45) is 5.73. The van der Waals surface area contributed by atoms with Crippen LogP contribution in [0.4, 0.5) is 0 Å². The van der Waals surface area contributed by atoms with Gasteiger partial charge in [0.2, 0.25) is 0 Å². The highest BCUT2D eigenvalue weighted by molar-refractivity contribution is 5.62. The van der Waals surface area contributed by atoms with Crippen molar-refractivity contribution in [2.45, 2.75) is 34.6 Å². The van der Waals surface area contributed by atoms with E-state index in [0.29, 0.717) is 0 Å². The molecule has 1 rings (SSSR count). The van der Waals surface area contributed by atoms with Gasteiger partial charge in [-0.15, -0.1) is 0 Å². The zero-order valence-electron chi connectivity index (χ0n) is 10.3. The third kappa shape index (κ3) is 3.66. The first-order valence-electron chi connectivity index (χ1n) is 5.29. The molecule has 0 aliphatic carbocycles. The summed E-state index contributed by atoms with van der Waals surface area (Å²) >= 11 is 0. The van der Waals surface area contributed by atoms with Crippen molar-refractivity contribution in [3.8, 4) is 0 Å². The monoisotopic (exact) mass is 204 g/mol. The van der Waals surface area contributed by atoms with Gasteiger partial charge in [-0.2, -0.15) is 0 Å². The molecule has 82 valence electrons. The molecule has 0 fully saturated rings. The highest BCUT2D eigenvalue weighted by Gasteiger charge is 2.03. The predicted molar refractivity (Wildman–Crippen MR) is 67.7 cm³/mol. The maximum absolute atomic E-state index is 4.33. The van der Waals surface area contributed by atoms with E-state index in [-0.39, 0.29) is 0 Å². The molecule has 2 nitrogen and oxygen atoms in total. The smallest absolute Gasteiger partial charge is 0.126 e. The fraction of sp³-hybridized carbons (Fsp3) is 0.385. The second kappa shape index (κ2) is 6.93. The van der Waals surface area contributed by atoms with E-state index in [1.807, 2.05) is 46.8 Å². The van der Waals surface area contributed by atoms with Crippen molar-refractivity contribution in [1.82, 2.24) is 9.97 Å². The number of aromatic nitrogens is 2. The molecule has 2 heteroatoms. The Balaban J connectivity index is 0.000000921. The van der Waals surface area contributed by atoms with Crippen molar-refractivity contribution in [2.75, 3.05) is 0 Å². The highest BCUT2D eigenvalue weighted by atomic mass is 14.9. The summed E-state index contributed by atoms with van der Waals surface area (Å²) in [4.78, 5) is 8.60. The minimum atomic E-state index is 0.802. The van der Waals surface area contributed by atoms with Crippen molar-refractivity contribution in [3.05, 3.63) is 35.4 Å². The maximum Gasteiger partial charge on any atom is 0.126 e. The van der Waals surface area contributed by atoms with E-state index in [1.165, 1.54) is 0 Å². The Labute approximate surface area is 92.8 Å². The van der Waals surface area contributed by atoms with Crippen LogP contribution in [-0.2, 0) is 0 Å². The van der Waals surface area contributed by atoms with Crippen LogP contribution in [0.1, 0.15) is 43.5 Å². The average molecular weight is 204 g/mol. The van der Waals surface area contributed by atoms with Crippen LogP contribution in [0.2, 0.25) is 0 Å². The van der Waals surface area contributed by atoms with Crippen LogP contribution in [0.5, 0.6) is 0 Å². The normalized spacial score (nSPS) is 9.67. The number of hydrogen-bond donors (Lipinski definition) is 0. The Morgan fingerprint density at radius 1 is 1.13 bits per heavy atom. The van der Waals surface area contributed by atoms with E-state index in [2.05, 4.69) is 16.5 Å². The van der Waals surface area contributed by atoms with Crippen molar-refractivity contribution in [2.24, 2.45) is 0 Å². The molecule has 1 aromatic rings. The van der Waals surface area contributed by atoms with Crippen LogP contribution in [0.15, 0.2) is 12.7 Å². The predicted octanol–water partition coefficient (Wildman–Crippen LogP) is 3.80. The van der Waals surface area contributed by atoms with Gasteiger partial charge in [-0.25, -0.2) is 9.97 Å². The van der Waals surface area contributed by atoms with Gasteiger partial charge in [-0.05, 0) is 26.8 Å². The summed E-state index contributed by atoms with van der Waals surface area (Å²) in [7, 11) is 0. The Morgan fingerprint density at radius 2 is 1.73 bits per heavy atom. The standard InChI is InChI=1S/C11H14N2.C2H6/c1-5-7-11-10(6-2)8(3)12-9(4)13-11;1-2/h5-7H,2H2,1,3-4H3;1-2H3/b7-5-;. The number of rotatable bonds is 2. The molecule has 1 aromatic heterocycles. The molecule has 15 heavy (non-hydrogen) atoms. The Morgan fingerprint density at radius 3 is 2.20 bits per heavy atom. The Bertz CT molecular complexity index is 352. The summed E-state index contributed by atoms with van der Waals surface area (Å²) in [5, 5.41) is 0. The molecule has 0 unspecified atom stereocenters. The van der Waals surface area contributed by atoms with Crippen LogP contribution < -0.4 is 0 Å². The lowest BCUT2D eigenvalue weighted by Crippen LogP contribution is -1.98. The van der Waals surface area contributed by atoms with Gasteiger partial charge < -0.3 is 0 Å². The fourth-order valence-electron chi connectivity index (χ4n) is 1.29. The molecular formula is C13H20N2. The van der Waals surface area contributed by atoms with Gasteiger partial charge in [0.15, 0.2) is 0 Å². The summed E-state index contributed by atoms with van der Waals surface area (Å²) in [5.41, 5.74) is 2.95. The van der Waals surface area contributed by atoms with E-state index in [1.54, 1.807) is 6.08 Å². The molecule has 0 spiro atoms. The molecule has 0 aliphatic heterocycles. The summed E-state index contributed by atoms with van der Waals surface area (Å²) in [5.74, 6) is 0.802. The van der Waals surface area contributed by atoms with E-state index in [9.17, 15) is 0 Å². The minimum Gasteiger partial charge on any atom is -0.238 e. The van der Waals surface area contributed by atoms with Crippen molar-refractivity contribution < 1.29 is 0 Å². The Kier molecular flexibility index (Phi) is 6.27. The summed E-state index contributed by atoms with van der Waals surface area (Å²) < 4.78 is 0. The summed E-state index contributed by atoms with van der Waals surface area (Å²) in [6, 6.07) is 0. The van der Waals surface area contributed by atoms with Crippen LogP contribution in [-0.4, -0.2) is 9.97 Å². The number of allylic oxidation sites excluding steroid dienone is 1. The second-order valence-corrected chi connectivity index (χ2v) is 2.86. The lowest BCUT2D eigenvalue weighted by molar-refractivity contribution is 0.995. The lowest BCUT2D eigenvalue weighted by atomic mass is 10.1. The van der Waals surface area contributed by atoms with Gasteiger partial charge in [0.1, 0.15) is 5.82 Å². The van der Waals surface area contributed by atoms with Gasteiger partial charge in [0.25, 0.3) is 0 Å². The highest BCUT2D eigenvalue weighted by Crippen LogP contribution is 2.13. The third-order valence-electron chi connectivity index (χ3n) is 1.81. The van der Waals surface area contributed by atoms with Crippen molar-refractivity contribution in [3.63, 3.8) is 0 Å². The molecule has 0 amide bonds. The minimum absolute atomic E-state index is 0.802. The summed E-state index contributed by atoms with van der Waals surface area (Å²) in [6.45, 7) is 13.6. The molecule has 0 saturated heterocycles. The molecule has 1 heterocycles. The van der Waals surface area contributed by atoms with Crippen LogP contribution in [0.25, 0.3) is 12.2 Å². The average Bonchev–Trinajstić information content (AvgIpc) is 2.21. The van der Waals surface area contributed by atoms with Gasteiger partial charge >= 0.3 is 0 Å². The van der Waals surface area contributed by atoms with Crippen molar-refractivity contribution >= 4 is 12.2 Å². The van der Waals surface area contributed by atoms with E-state index in [0.717, 1.165) is 22.8 Å². The maximum atomic E-state index is 4.33. The molecule has 0 aromatic carbocycles. The second-order valence-electron chi connectivity index (χ2n) is 2.86. The molecular weight excluding hydrogens is 184 g/mol. The van der Waals surface area contributed by atoms with E-state index >= 15 is 0 Å². The topological polar surface area (TPSA) is 25.8 Å². The first kappa shape index (κ1) is 13.6. The first-order chi connectivity index (χ1) is 7.19. The SMILES string of the molecule is C=Cc1c(C)nc(C)nc1/C=C\C.CC. The molecule has 0 atom stereocenters. The number of aryl methyl sites for hydroxylation is 2. The van der Waals surface area contributed by atoms with Gasteiger partial charge in [-0.1, -0.05) is 32.6 Å². The van der Waals surface area contributed by atoms with Gasteiger partial charge in [0.05, 0.1) is 5.69 Å². The van der Waals surface area contributed by atoms with Crippen LogP contribution >= 0.6 is 0 Å². The van der Waals surface area contributed by atoms with Crippen molar-refractivity contribution in [1.29, 1.82) is 0 Å². The molecule has 0 aliphatic rings. The molecule has 0 bridgehead atoms. The van der Waals surface area contributed by atoms with Crippen LogP contribution in [0.3, 0.4) is 0 Å². The quantitative estimate of drug-likeness (QED) is 0.732. The van der Waals surface area contributed by atoms with Crippen LogP contribution in [0, 0.1) is 13.8 Å². The zero-order chi connectivity index (χ0) is 11.8. The lowest BCUT2D eigenvalue weighted by Gasteiger charge is -2.04. The number of nitrogens with zero attached hydrogens (tertiary/aromatic N) is 2. The molecule has 0 saturated carbocycles. The van der Waals surface area contributed by atoms with Gasteiger partial charge in [-0.3, -0.25) is 0 Å². The largest absolute Gasteiger partial charge is 0.238 e. The molecule has 0 N–H and O–H groups in total. The fourth-order valence-corrected chi connectivity index (χ4v) is 1.29. The Hall–Kier alpha value is -1.44. The van der Waals surface area contributed by atoms with E-state index in [4.69, 9.17) is 0 Å².